The predicted molar refractivity (Wildman–Crippen MR) is 161 cm³/mol. The number of hydrogen-bond donors (Lipinski definition) is 0. The lowest BCUT2D eigenvalue weighted by atomic mass is 10.2. The zero-order chi connectivity index (χ0) is 27.5. The highest BCUT2D eigenvalue weighted by molar-refractivity contribution is 7.98. The lowest BCUT2D eigenvalue weighted by Crippen LogP contribution is -2.49. The molecule has 8 nitrogen and oxygen atoms in total. The summed E-state index contributed by atoms with van der Waals surface area (Å²) in [5, 5.41) is 13.6. The first-order chi connectivity index (χ1) is 19.6. The fourth-order valence-corrected chi connectivity index (χ4v) is 6.73. The van der Waals surface area contributed by atoms with E-state index in [0.717, 1.165) is 40.1 Å². The van der Waals surface area contributed by atoms with E-state index in [-0.39, 0.29) is 5.91 Å². The van der Waals surface area contributed by atoms with E-state index >= 15 is 0 Å². The molecule has 2 aromatic carbocycles. The van der Waals surface area contributed by atoms with Crippen molar-refractivity contribution in [2.45, 2.75) is 10.9 Å². The Morgan fingerprint density at radius 1 is 0.875 bits per heavy atom. The Labute approximate surface area is 249 Å². The van der Waals surface area contributed by atoms with E-state index in [9.17, 15) is 4.79 Å². The molecule has 0 radical (unpaired) electrons. The third kappa shape index (κ3) is 5.57. The van der Waals surface area contributed by atoms with Gasteiger partial charge in [-0.15, -0.1) is 21.5 Å². The summed E-state index contributed by atoms with van der Waals surface area (Å²) in [7, 11) is 0. The van der Waals surface area contributed by atoms with Gasteiger partial charge in [-0.3, -0.25) is 14.3 Å². The van der Waals surface area contributed by atoms with Crippen LogP contribution in [-0.2, 0) is 5.75 Å². The summed E-state index contributed by atoms with van der Waals surface area (Å²) in [5.41, 5.74) is 3.14. The van der Waals surface area contributed by atoms with Crippen molar-refractivity contribution in [3.63, 3.8) is 0 Å². The third-order valence-electron chi connectivity index (χ3n) is 6.52. The second kappa shape index (κ2) is 12.0. The molecule has 0 spiro atoms. The number of pyridine rings is 1. The Balaban J connectivity index is 1.15. The van der Waals surface area contributed by atoms with E-state index in [4.69, 9.17) is 23.2 Å². The highest BCUT2D eigenvalue weighted by Crippen LogP contribution is 2.33. The van der Waals surface area contributed by atoms with Crippen LogP contribution in [0.1, 0.15) is 15.5 Å². The maximum atomic E-state index is 13.2. The molecule has 6 rings (SSSR count). The topological polar surface area (TPSA) is 80.0 Å². The minimum atomic E-state index is -0.0504. The average Bonchev–Trinajstić information content (AvgIpc) is 3.64. The monoisotopic (exact) mass is 607 g/mol. The average molecular weight is 609 g/mol. The van der Waals surface area contributed by atoms with Gasteiger partial charge in [0.25, 0.3) is 5.91 Å². The summed E-state index contributed by atoms with van der Waals surface area (Å²) in [5.74, 6) is 1.16. The van der Waals surface area contributed by atoms with Crippen LogP contribution in [0.3, 0.4) is 0 Å². The van der Waals surface area contributed by atoms with Crippen LogP contribution in [-0.4, -0.2) is 61.7 Å². The SMILES string of the molecule is O=C(c1csc(CSc2nnc(-c3ccncc3)n2-c2ccccc2Cl)n1)N1CCN(c2ccccc2Cl)CC1. The molecule has 1 amide bonds. The molecule has 0 unspecified atom stereocenters. The number of anilines is 1. The summed E-state index contributed by atoms with van der Waals surface area (Å²) in [6.07, 6.45) is 3.44. The van der Waals surface area contributed by atoms with Gasteiger partial charge in [0.2, 0.25) is 0 Å². The van der Waals surface area contributed by atoms with Crippen LogP contribution in [0.25, 0.3) is 17.1 Å². The van der Waals surface area contributed by atoms with Gasteiger partial charge in [0.1, 0.15) is 10.7 Å². The van der Waals surface area contributed by atoms with E-state index < -0.39 is 0 Å². The number of carbonyl (C=O) groups is 1. The Morgan fingerprint density at radius 3 is 2.25 bits per heavy atom. The molecule has 0 aliphatic carbocycles. The van der Waals surface area contributed by atoms with Crippen molar-refractivity contribution in [1.82, 2.24) is 29.6 Å². The fraction of sp³-hybridized carbons (Fsp3) is 0.179. The van der Waals surface area contributed by atoms with Crippen LogP contribution in [0.4, 0.5) is 5.69 Å². The molecule has 0 N–H and O–H groups in total. The second-order valence-corrected chi connectivity index (χ2v) is 11.7. The molecule has 202 valence electrons. The zero-order valence-corrected chi connectivity index (χ0v) is 24.3. The molecule has 1 aliphatic rings. The molecule has 0 atom stereocenters. The molecule has 1 fully saturated rings. The van der Waals surface area contributed by atoms with Crippen LogP contribution in [0, 0.1) is 0 Å². The van der Waals surface area contributed by atoms with Gasteiger partial charge in [0.15, 0.2) is 11.0 Å². The molecular weight excluding hydrogens is 585 g/mol. The zero-order valence-electron chi connectivity index (χ0n) is 21.2. The Kier molecular flexibility index (Phi) is 8.01. The minimum absolute atomic E-state index is 0.0504. The van der Waals surface area contributed by atoms with E-state index in [1.165, 1.54) is 23.1 Å². The fourth-order valence-electron chi connectivity index (χ4n) is 4.52. The molecule has 0 saturated carbocycles. The van der Waals surface area contributed by atoms with Crippen molar-refractivity contribution in [3.8, 4) is 17.1 Å². The summed E-state index contributed by atoms with van der Waals surface area (Å²) >= 11 is 15.9. The lowest BCUT2D eigenvalue weighted by molar-refractivity contribution is 0.0741. The van der Waals surface area contributed by atoms with Crippen molar-refractivity contribution in [3.05, 3.63) is 99.2 Å². The van der Waals surface area contributed by atoms with Gasteiger partial charge in [0.05, 0.1) is 27.2 Å². The maximum Gasteiger partial charge on any atom is 0.273 e. The largest absolute Gasteiger partial charge is 0.367 e. The molecule has 3 aromatic heterocycles. The van der Waals surface area contributed by atoms with Gasteiger partial charge in [-0.1, -0.05) is 59.2 Å². The molecule has 5 aromatic rings. The summed E-state index contributed by atoms with van der Waals surface area (Å²) in [6, 6.07) is 19.2. The van der Waals surface area contributed by atoms with Crippen LogP contribution in [0.2, 0.25) is 10.0 Å². The molecule has 1 aliphatic heterocycles. The van der Waals surface area contributed by atoms with Crippen molar-refractivity contribution < 1.29 is 4.79 Å². The maximum absolute atomic E-state index is 13.2. The summed E-state index contributed by atoms with van der Waals surface area (Å²) < 4.78 is 1.94. The van der Waals surface area contributed by atoms with Crippen molar-refractivity contribution in [1.29, 1.82) is 0 Å². The van der Waals surface area contributed by atoms with Crippen LogP contribution in [0.15, 0.2) is 83.6 Å². The summed E-state index contributed by atoms with van der Waals surface area (Å²) in [4.78, 5) is 26.0. The minimum Gasteiger partial charge on any atom is -0.367 e. The number of thiazole rings is 1. The number of halogens is 2. The molecule has 0 bridgehead atoms. The number of carbonyl (C=O) groups excluding carboxylic acids is 1. The van der Waals surface area contributed by atoms with Gasteiger partial charge in [0, 0.05) is 49.5 Å². The first-order valence-electron chi connectivity index (χ1n) is 12.5. The Bertz CT molecular complexity index is 1630. The van der Waals surface area contributed by atoms with E-state index in [1.807, 2.05) is 75.5 Å². The van der Waals surface area contributed by atoms with Gasteiger partial charge < -0.3 is 9.80 Å². The van der Waals surface area contributed by atoms with Crippen molar-refractivity contribution in [2.75, 3.05) is 31.1 Å². The van der Waals surface area contributed by atoms with Crippen molar-refractivity contribution >= 4 is 57.9 Å². The number of nitrogens with zero attached hydrogens (tertiary/aromatic N) is 7. The normalized spacial score (nSPS) is 13.6. The number of hydrogen-bond acceptors (Lipinski definition) is 8. The molecule has 1 saturated heterocycles. The lowest BCUT2D eigenvalue weighted by Gasteiger charge is -2.36. The quantitative estimate of drug-likeness (QED) is 0.199. The summed E-state index contributed by atoms with van der Waals surface area (Å²) in [6.45, 7) is 2.68. The van der Waals surface area contributed by atoms with Crippen LogP contribution >= 0.6 is 46.3 Å². The molecule has 4 heterocycles. The molecular formula is C28H23Cl2N7OS2. The number of benzene rings is 2. The van der Waals surface area contributed by atoms with Crippen LogP contribution < -0.4 is 4.90 Å². The first kappa shape index (κ1) is 26.8. The van der Waals surface area contributed by atoms with Crippen LogP contribution in [0.5, 0.6) is 0 Å². The van der Waals surface area contributed by atoms with E-state index in [1.54, 1.807) is 12.4 Å². The van der Waals surface area contributed by atoms with Gasteiger partial charge >= 0.3 is 0 Å². The Morgan fingerprint density at radius 2 is 1.55 bits per heavy atom. The second-order valence-electron chi connectivity index (χ2n) is 8.97. The molecule has 40 heavy (non-hydrogen) atoms. The number of piperazine rings is 1. The molecule has 12 heteroatoms. The Hall–Kier alpha value is -3.44. The smallest absolute Gasteiger partial charge is 0.273 e. The highest BCUT2D eigenvalue weighted by atomic mass is 35.5. The number of para-hydroxylation sites is 2. The van der Waals surface area contributed by atoms with E-state index in [0.29, 0.717) is 40.5 Å². The number of thioether (sulfide) groups is 1. The van der Waals surface area contributed by atoms with E-state index in [2.05, 4.69) is 25.1 Å². The number of amides is 1. The third-order valence-corrected chi connectivity index (χ3v) is 9.13. The van der Waals surface area contributed by atoms with Gasteiger partial charge in [-0.2, -0.15) is 0 Å². The van der Waals surface area contributed by atoms with Crippen molar-refractivity contribution in [2.24, 2.45) is 0 Å². The number of rotatable bonds is 7. The first-order valence-corrected chi connectivity index (χ1v) is 15.2. The van der Waals surface area contributed by atoms with Gasteiger partial charge in [-0.25, -0.2) is 4.98 Å². The highest BCUT2D eigenvalue weighted by Gasteiger charge is 2.25. The van der Waals surface area contributed by atoms with Gasteiger partial charge in [-0.05, 0) is 36.4 Å². The number of aromatic nitrogens is 5. The predicted octanol–water partition coefficient (Wildman–Crippen LogP) is 6.35. The standard InChI is InChI=1S/C28H23Cl2N7OS2/c29-20-5-1-3-7-23(20)35-13-15-36(16-14-35)27(38)22-17-39-25(32-22)18-40-28-34-33-26(19-9-11-31-12-10-19)37(28)24-8-4-2-6-21(24)30/h1-12,17H,13-16,18H2.